The van der Waals surface area contributed by atoms with E-state index in [0.29, 0.717) is 18.8 Å². The molecule has 1 aliphatic rings. The van der Waals surface area contributed by atoms with Crippen molar-refractivity contribution in [3.63, 3.8) is 0 Å². The van der Waals surface area contributed by atoms with Crippen molar-refractivity contribution in [1.82, 2.24) is 19.7 Å². The van der Waals surface area contributed by atoms with E-state index in [1.54, 1.807) is 41.6 Å². The van der Waals surface area contributed by atoms with Gasteiger partial charge in [0.15, 0.2) is 0 Å². The normalized spacial score (nSPS) is 15.7. The predicted molar refractivity (Wildman–Crippen MR) is 125 cm³/mol. The van der Waals surface area contributed by atoms with Gasteiger partial charge in [-0.2, -0.15) is 5.10 Å². The average Bonchev–Trinajstić information content (AvgIpc) is 3.47. The summed E-state index contributed by atoms with van der Waals surface area (Å²) in [6.45, 7) is 4.84. The predicted octanol–water partition coefficient (Wildman–Crippen LogP) is 5.64. The lowest BCUT2D eigenvalue weighted by Crippen LogP contribution is -2.27. The molecule has 1 saturated heterocycles. The monoisotopic (exact) mass is 462 g/mol. The molecule has 0 saturated carbocycles. The van der Waals surface area contributed by atoms with E-state index in [2.05, 4.69) is 11.6 Å². The number of benzene rings is 2. The molecule has 0 bridgehead atoms. The van der Waals surface area contributed by atoms with E-state index in [1.165, 1.54) is 12.1 Å². The molecule has 1 unspecified atom stereocenters. The Balaban J connectivity index is 1.45. The molecule has 2 aromatic carbocycles. The lowest BCUT2D eigenvalue weighted by Gasteiger charge is -2.15. The summed E-state index contributed by atoms with van der Waals surface area (Å²) in [7, 11) is 0. The van der Waals surface area contributed by atoms with Gasteiger partial charge in [0.25, 0.3) is 0 Å². The number of nitrogens with zero attached hydrogens (tertiary/aromatic N) is 4. The van der Waals surface area contributed by atoms with Crippen LogP contribution in [0.2, 0.25) is 5.02 Å². The summed E-state index contributed by atoms with van der Waals surface area (Å²) in [4.78, 5) is 18.1. The zero-order chi connectivity index (χ0) is 22.9. The minimum absolute atomic E-state index is 0.0575. The van der Waals surface area contributed by atoms with Crippen molar-refractivity contribution < 1.29 is 13.9 Å². The van der Waals surface area contributed by atoms with Crippen molar-refractivity contribution in [3.8, 4) is 22.8 Å². The van der Waals surface area contributed by atoms with Crippen LogP contribution in [-0.4, -0.2) is 38.7 Å². The second kappa shape index (κ2) is 8.67. The van der Waals surface area contributed by atoms with Gasteiger partial charge in [0.2, 0.25) is 5.91 Å². The van der Waals surface area contributed by atoms with Gasteiger partial charge in [-0.3, -0.25) is 14.5 Å². The molecule has 8 heteroatoms. The molecule has 0 radical (unpaired) electrons. The first-order chi connectivity index (χ1) is 16.0. The molecule has 6 nitrogen and oxygen atoms in total. The quantitative estimate of drug-likeness (QED) is 0.360. The third-order valence-corrected chi connectivity index (χ3v) is 6.14. The maximum atomic E-state index is 13.7. The standard InChI is InChI=1S/C25H20ClFN4O2/c1-2-23(32)30-13-11-17(15-30)31-21-10-12-28-14-19(21)25(29-31)16-6-8-18(9-7-16)33-22-5-3-4-20(27)24(22)26/h2-10,12,14,17H,1,11,13,15H2. The Labute approximate surface area is 194 Å². The molecule has 1 atom stereocenters. The number of rotatable bonds is 5. The van der Waals surface area contributed by atoms with E-state index < -0.39 is 5.82 Å². The number of fused-ring (bicyclic) bond motifs is 1. The average molecular weight is 463 g/mol. The summed E-state index contributed by atoms with van der Waals surface area (Å²) in [6, 6.07) is 13.8. The summed E-state index contributed by atoms with van der Waals surface area (Å²) in [5, 5.41) is 5.77. The molecule has 0 spiro atoms. The van der Waals surface area contributed by atoms with Crippen LogP contribution in [0.3, 0.4) is 0 Å². The lowest BCUT2D eigenvalue weighted by atomic mass is 10.1. The van der Waals surface area contributed by atoms with Gasteiger partial charge in [-0.1, -0.05) is 24.2 Å². The SMILES string of the molecule is C=CC(=O)N1CCC(n2nc(-c3ccc(Oc4cccc(F)c4Cl)cc3)c3cnccc32)C1. The van der Waals surface area contributed by atoms with Gasteiger partial charge in [-0.05, 0) is 55.0 Å². The highest BCUT2D eigenvalue weighted by Gasteiger charge is 2.28. The minimum Gasteiger partial charge on any atom is -0.456 e. The van der Waals surface area contributed by atoms with E-state index in [-0.39, 0.29) is 22.7 Å². The molecule has 33 heavy (non-hydrogen) atoms. The molecular formula is C25H20ClFN4O2. The third kappa shape index (κ3) is 3.96. The molecular weight excluding hydrogens is 443 g/mol. The summed E-state index contributed by atoms with van der Waals surface area (Å²) in [5.74, 6) is 0.186. The van der Waals surface area contributed by atoms with Gasteiger partial charge in [-0.25, -0.2) is 4.39 Å². The fourth-order valence-electron chi connectivity index (χ4n) is 4.12. The Morgan fingerprint density at radius 1 is 1.21 bits per heavy atom. The first-order valence-electron chi connectivity index (χ1n) is 10.5. The van der Waals surface area contributed by atoms with E-state index in [9.17, 15) is 9.18 Å². The van der Waals surface area contributed by atoms with Crippen LogP contribution in [0.4, 0.5) is 4.39 Å². The Morgan fingerprint density at radius 2 is 2.03 bits per heavy atom. The summed E-state index contributed by atoms with van der Waals surface area (Å²) in [6.07, 6.45) is 5.71. The van der Waals surface area contributed by atoms with Crippen molar-refractivity contribution >= 4 is 28.4 Å². The fraction of sp³-hybridized carbons (Fsp3) is 0.160. The van der Waals surface area contributed by atoms with Gasteiger partial charge in [0.05, 0.1) is 11.6 Å². The maximum absolute atomic E-state index is 13.7. The highest BCUT2D eigenvalue weighted by molar-refractivity contribution is 6.32. The Kier molecular flexibility index (Phi) is 5.56. The molecule has 1 aliphatic heterocycles. The summed E-state index contributed by atoms with van der Waals surface area (Å²) >= 11 is 5.99. The topological polar surface area (TPSA) is 60.2 Å². The number of amides is 1. The summed E-state index contributed by atoms with van der Waals surface area (Å²) in [5.41, 5.74) is 2.65. The van der Waals surface area contributed by atoms with Crippen molar-refractivity contribution in [3.05, 3.63) is 84.4 Å². The van der Waals surface area contributed by atoms with Crippen LogP contribution >= 0.6 is 11.6 Å². The number of likely N-dealkylation sites (tertiary alicyclic amines) is 1. The second-order valence-electron chi connectivity index (χ2n) is 7.80. The number of hydrogen-bond acceptors (Lipinski definition) is 4. The number of aromatic nitrogens is 3. The van der Waals surface area contributed by atoms with Crippen molar-refractivity contribution in [2.75, 3.05) is 13.1 Å². The van der Waals surface area contributed by atoms with E-state index >= 15 is 0 Å². The number of hydrogen-bond donors (Lipinski definition) is 0. The molecule has 3 heterocycles. The molecule has 0 aliphatic carbocycles. The number of ether oxygens (including phenoxy) is 1. The first-order valence-corrected chi connectivity index (χ1v) is 10.9. The zero-order valence-electron chi connectivity index (χ0n) is 17.6. The fourth-order valence-corrected chi connectivity index (χ4v) is 4.28. The van der Waals surface area contributed by atoms with Crippen LogP contribution < -0.4 is 4.74 Å². The molecule has 2 aromatic heterocycles. The van der Waals surface area contributed by atoms with Gasteiger partial charge in [-0.15, -0.1) is 0 Å². The molecule has 166 valence electrons. The minimum atomic E-state index is -0.532. The number of carbonyl (C=O) groups excluding carboxylic acids is 1. The Bertz CT molecular complexity index is 1350. The van der Waals surface area contributed by atoms with Crippen LogP contribution in [0.25, 0.3) is 22.2 Å². The zero-order valence-corrected chi connectivity index (χ0v) is 18.4. The highest BCUT2D eigenvalue weighted by Crippen LogP contribution is 2.35. The Hall–Kier alpha value is -3.71. The molecule has 4 aromatic rings. The van der Waals surface area contributed by atoms with E-state index in [1.807, 2.05) is 22.9 Å². The Morgan fingerprint density at radius 3 is 2.82 bits per heavy atom. The lowest BCUT2D eigenvalue weighted by molar-refractivity contribution is -0.125. The maximum Gasteiger partial charge on any atom is 0.246 e. The van der Waals surface area contributed by atoms with Crippen molar-refractivity contribution in [2.24, 2.45) is 0 Å². The van der Waals surface area contributed by atoms with E-state index in [4.69, 9.17) is 21.4 Å². The molecule has 5 rings (SSSR count). The van der Waals surface area contributed by atoms with Crippen LogP contribution in [0.15, 0.2) is 73.6 Å². The van der Waals surface area contributed by atoms with Gasteiger partial charge in [0, 0.05) is 36.4 Å². The number of halogens is 2. The highest BCUT2D eigenvalue weighted by atomic mass is 35.5. The molecule has 1 amide bonds. The largest absolute Gasteiger partial charge is 0.456 e. The first kappa shape index (κ1) is 21.2. The van der Waals surface area contributed by atoms with Gasteiger partial charge in [0.1, 0.15) is 28.0 Å². The van der Waals surface area contributed by atoms with Crippen molar-refractivity contribution in [1.29, 1.82) is 0 Å². The van der Waals surface area contributed by atoms with Gasteiger partial charge < -0.3 is 9.64 Å². The third-order valence-electron chi connectivity index (χ3n) is 5.78. The summed E-state index contributed by atoms with van der Waals surface area (Å²) < 4.78 is 21.4. The van der Waals surface area contributed by atoms with E-state index in [0.717, 1.165) is 28.6 Å². The number of carbonyl (C=O) groups is 1. The van der Waals surface area contributed by atoms with Crippen LogP contribution in [-0.2, 0) is 4.79 Å². The van der Waals surface area contributed by atoms with Crippen LogP contribution in [0.5, 0.6) is 11.5 Å². The van der Waals surface area contributed by atoms with Crippen LogP contribution in [0.1, 0.15) is 12.5 Å². The number of pyridine rings is 1. The second-order valence-corrected chi connectivity index (χ2v) is 8.17. The van der Waals surface area contributed by atoms with Crippen LogP contribution in [0, 0.1) is 5.82 Å². The molecule has 0 N–H and O–H groups in total. The van der Waals surface area contributed by atoms with Gasteiger partial charge >= 0.3 is 0 Å². The smallest absolute Gasteiger partial charge is 0.246 e. The van der Waals surface area contributed by atoms with Crippen molar-refractivity contribution in [2.45, 2.75) is 12.5 Å². The molecule has 1 fully saturated rings.